The summed E-state index contributed by atoms with van der Waals surface area (Å²) < 4.78 is 13.8. The first-order valence-electron chi connectivity index (χ1n) is 43.7. The zero-order chi connectivity index (χ0) is 85.0. The third-order valence-electron chi connectivity index (χ3n) is 26.3. The number of fused-ring (bicyclic) bond motifs is 19. The average Bonchev–Trinajstić information content (AvgIpc) is 1.52. The molecule has 6 heterocycles. The Hall–Kier alpha value is -16.3. The Labute approximate surface area is 744 Å². The maximum absolute atomic E-state index is 6.44. The summed E-state index contributed by atoms with van der Waals surface area (Å²) in [6.07, 6.45) is 4.05. The first kappa shape index (κ1) is 75.5. The van der Waals surface area contributed by atoms with Gasteiger partial charge in [0.05, 0.1) is 21.8 Å². The normalized spacial score (nSPS) is 12.7. The number of hydrogen-bond donors (Lipinski definition) is 0. The molecule has 8 heteroatoms. The second kappa shape index (κ2) is 30.9. The fourth-order valence-electron chi connectivity index (χ4n) is 20.7. The van der Waals surface area contributed by atoms with Gasteiger partial charge in [-0.15, -0.1) is 11.3 Å². The van der Waals surface area contributed by atoms with E-state index >= 15 is 0 Å². The highest BCUT2D eigenvalue weighted by atomic mass is 32.1. The van der Waals surface area contributed by atoms with Gasteiger partial charge < -0.3 is 8.98 Å². The van der Waals surface area contributed by atoms with Gasteiger partial charge >= 0.3 is 0 Å². The Bertz CT molecular complexity index is 8360. The molecule has 18 aromatic carbocycles. The molecular weight excluding hydrogens is 1570 g/mol. The summed E-state index contributed by atoms with van der Waals surface area (Å²) in [5.74, 6) is 1.90. The molecule has 602 valence electrons. The number of rotatable bonds is 11. The Morgan fingerprint density at radius 3 is 1.43 bits per heavy atom. The van der Waals surface area contributed by atoms with Gasteiger partial charge in [0.1, 0.15) is 5.58 Å². The van der Waals surface area contributed by atoms with E-state index in [1.807, 2.05) is 102 Å². The maximum Gasteiger partial charge on any atom is 0.213 e. The molecule has 0 saturated carbocycles. The molecule has 0 N–H and O–H groups in total. The maximum atomic E-state index is 6.44. The molecule has 0 aliphatic heterocycles. The van der Waals surface area contributed by atoms with Gasteiger partial charge in [0, 0.05) is 110 Å². The summed E-state index contributed by atoms with van der Waals surface area (Å²) in [6, 6.07) is 156. The Morgan fingerprint density at radius 1 is 0.281 bits per heavy atom. The first-order valence-corrected chi connectivity index (χ1v) is 44.5. The fourth-order valence-corrected chi connectivity index (χ4v) is 22.1. The van der Waals surface area contributed by atoms with Gasteiger partial charge in [-0.25, -0.2) is 15.0 Å². The molecule has 128 heavy (non-hydrogen) atoms. The van der Waals surface area contributed by atoms with E-state index in [-0.39, 0.29) is 5.41 Å². The van der Waals surface area contributed by atoms with Gasteiger partial charge in [0.2, 0.25) is 5.71 Å². The number of hydrogen-bond acceptors (Lipinski definition) is 6. The van der Waals surface area contributed by atoms with Gasteiger partial charge in [0.15, 0.2) is 17.5 Å². The van der Waals surface area contributed by atoms with E-state index in [9.17, 15) is 0 Å². The molecule has 2 aliphatic carbocycles. The monoisotopic (exact) mass is 1650 g/mol. The Kier molecular flexibility index (Phi) is 18.2. The van der Waals surface area contributed by atoms with Crippen LogP contribution in [0.25, 0.3) is 198 Å². The van der Waals surface area contributed by atoms with Crippen LogP contribution in [0.1, 0.15) is 47.4 Å². The van der Waals surface area contributed by atoms with Crippen molar-refractivity contribution in [1.29, 1.82) is 0 Å². The van der Waals surface area contributed by atoms with Crippen LogP contribution < -0.4 is 0 Å². The van der Waals surface area contributed by atoms with Crippen LogP contribution in [-0.2, 0) is 10.8 Å². The van der Waals surface area contributed by atoms with E-state index in [1.54, 1.807) is 0 Å². The predicted octanol–water partition coefficient (Wildman–Crippen LogP) is 31.4. The van der Waals surface area contributed by atoms with Crippen LogP contribution in [-0.4, -0.2) is 29.1 Å². The lowest BCUT2D eigenvalue weighted by atomic mass is 9.68. The molecule has 24 aromatic rings. The van der Waals surface area contributed by atoms with Crippen molar-refractivity contribution in [2.75, 3.05) is 0 Å². The molecule has 0 atom stereocenters. The van der Waals surface area contributed by atoms with Gasteiger partial charge in [-0.2, -0.15) is 0 Å². The van der Waals surface area contributed by atoms with Crippen molar-refractivity contribution in [3.05, 3.63) is 483 Å². The van der Waals surface area contributed by atoms with Gasteiger partial charge in [-0.3, -0.25) is 9.55 Å². The third-order valence-corrected chi connectivity index (χ3v) is 27.6. The summed E-state index contributed by atoms with van der Waals surface area (Å²) in [5.41, 5.74) is 31.7. The van der Waals surface area contributed by atoms with Gasteiger partial charge in [0.25, 0.3) is 0 Å². The number of aromatic nitrogens is 6. The summed E-state index contributed by atoms with van der Waals surface area (Å²) in [6.45, 7) is 4.73. The van der Waals surface area contributed by atoms with Crippen LogP contribution in [0.5, 0.6) is 0 Å². The number of furan rings is 1. The molecule has 0 unspecified atom stereocenters. The van der Waals surface area contributed by atoms with Crippen LogP contribution in [0.3, 0.4) is 0 Å². The van der Waals surface area contributed by atoms with Crippen molar-refractivity contribution in [2.24, 2.45) is 0 Å². The lowest BCUT2D eigenvalue weighted by molar-refractivity contribution is 0.624. The average molecular weight is 1650 g/mol. The smallest absolute Gasteiger partial charge is 0.213 e. The highest BCUT2D eigenvalue weighted by molar-refractivity contribution is 7.27. The van der Waals surface area contributed by atoms with E-state index in [1.165, 1.54) is 159 Å². The van der Waals surface area contributed by atoms with Crippen LogP contribution in [0.15, 0.2) is 454 Å². The van der Waals surface area contributed by atoms with Crippen molar-refractivity contribution in [1.82, 2.24) is 29.1 Å². The minimum atomic E-state index is -0.447. The minimum Gasteiger partial charge on any atom is -0.439 e. The lowest BCUT2D eigenvalue weighted by Gasteiger charge is -2.33. The third kappa shape index (κ3) is 12.2. The predicted molar refractivity (Wildman–Crippen MR) is 532 cm³/mol. The first-order chi connectivity index (χ1) is 63.3. The Morgan fingerprint density at radius 2 is 0.750 bits per heavy atom. The summed E-state index contributed by atoms with van der Waals surface area (Å²) in [7, 11) is 0. The van der Waals surface area contributed by atoms with E-state index in [0.717, 1.165) is 55.3 Å². The molecule has 0 radical (unpaired) electrons. The van der Waals surface area contributed by atoms with Gasteiger partial charge in [-0.05, 0) is 142 Å². The largest absolute Gasteiger partial charge is 0.439 e. The van der Waals surface area contributed by atoms with E-state index in [4.69, 9.17) is 24.4 Å². The van der Waals surface area contributed by atoms with Crippen molar-refractivity contribution in [2.45, 2.75) is 24.7 Å². The topological polar surface area (TPSA) is 74.6 Å². The van der Waals surface area contributed by atoms with Crippen molar-refractivity contribution in [3.8, 4) is 112 Å². The molecule has 26 rings (SSSR count). The minimum absolute atomic E-state index is 0.101. The number of para-hydroxylation sites is 3. The van der Waals surface area contributed by atoms with E-state index in [0.29, 0.717) is 17.5 Å². The lowest BCUT2D eigenvalue weighted by Crippen LogP contribution is -2.28. The van der Waals surface area contributed by atoms with Crippen molar-refractivity contribution in [3.63, 3.8) is 0 Å². The van der Waals surface area contributed by atoms with Crippen molar-refractivity contribution >= 4 is 96.9 Å². The molecule has 6 aromatic heterocycles. The quantitative estimate of drug-likeness (QED) is 0.129. The van der Waals surface area contributed by atoms with Crippen LogP contribution in [0.4, 0.5) is 0 Å². The van der Waals surface area contributed by atoms with Crippen LogP contribution in [0.2, 0.25) is 0 Å². The van der Waals surface area contributed by atoms with E-state index in [2.05, 4.69) is 381 Å². The molecule has 0 fully saturated rings. The second-order valence-corrected chi connectivity index (χ2v) is 34.7. The van der Waals surface area contributed by atoms with Crippen LogP contribution in [0, 0.1) is 0 Å². The van der Waals surface area contributed by atoms with Crippen LogP contribution >= 0.6 is 11.3 Å². The number of benzene rings is 18. The summed E-state index contributed by atoms with van der Waals surface area (Å²) >= 11 is 1.93. The Balaban J connectivity index is 0.000000109. The SMILES string of the molecule is CC1(C)c2ccccc2-c2c1n(-c1ccc(-c3ccccc3)c(-c3ccccc3)c1)c1ccccc21.c1ccc(-c2nc(-c3ccccc3)nc(-c3cccc(-n4c5ccccc5c5c6ccccc6oc54)c3)n2)cc1.c1ccc(C2(c3ccccc3)c3ccncc3-c3c2ccc2c3sc3c(-c4ccc(-c5cccc6ccccc56)c5ccccc45)cccc32)cc1. The van der Waals surface area contributed by atoms with Gasteiger partial charge in [-0.1, -0.05) is 402 Å². The zero-order valence-corrected chi connectivity index (χ0v) is 71.0. The highest BCUT2D eigenvalue weighted by Gasteiger charge is 2.48. The standard InChI is InChI=1S/C50H31NS.C35H22N4O.C35H27N/c1-3-15-33(16-4-1)50(34-17-5-2-6-18-34)45-29-30-51-31-44(45)47-46(50)28-27-43-42-24-12-23-41(48(42)52-49(43)47)40-26-25-39(37-20-9-10-21-38(37)40)36-22-11-14-32-13-7-8-19-35(32)36;1-3-12-23(13-4-1)32-36-33(24-14-5-2-6-15-24)38-34(37-32)25-16-11-17-26(22-25)39-29-20-9-7-18-27(29)31-28-19-8-10-21-30(28)40-35(31)39;1-35(2)31-19-11-9-17-28(31)33-29-18-10-12-20-32(29)36(34(33)35)26-21-22-27(24-13-5-3-6-14-24)30(23-26)25-15-7-4-8-16-25/h1-31H;1-22H;3-23H,1-2H3. The molecule has 0 bridgehead atoms. The number of thiophene rings is 1. The molecule has 7 nitrogen and oxygen atoms in total. The fraction of sp³-hybridized carbons (Fsp3) is 0.0333. The van der Waals surface area contributed by atoms with Crippen molar-refractivity contribution < 1.29 is 4.42 Å². The molecule has 0 saturated heterocycles. The highest BCUT2D eigenvalue weighted by Crippen LogP contribution is 2.61. The second-order valence-electron chi connectivity index (χ2n) is 33.7. The summed E-state index contributed by atoms with van der Waals surface area (Å²) in [5, 5.41) is 12.4. The summed E-state index contributed by atoms with van der Waals surface area (Å²) in [4.78, 5) is 19.4. The molecule has 0 spiro atoms. The number of nitrogens with zero attached hydrogens (tertiary/aromatic N) is 6. The van der Waals surface area contributed by atoms with E-state index < -0.39 is 5.41 Å². The molecule has 0 amide bonds. The molecular formula is C120H80N6OS. The zero-order valence-electron chi connectivity index (χ0n) is 70.2. The molecule has 2 aliphatic rings. The number of pyridine rings is 1.